The molecule has 1 saturated carbocycles. The predicted molar refractivity (Wildman–Crippen MR) is 106 cm³/mol. The number of halogens is 1. The number of likely N-dealkylation sites (tertiary alicyclic amines) is 1. The monoisotopic (exact) mass is 401 g/mol. The van der Waals surface area contributed by atoms with Crippen LogP contribution in [0, 0.1) is 17.7 Å². The van der Waals surface area contributed by atoms with Crippen molar-refractivity contribution in [1.29, 1.82) is 0 Å². The van der Waals surface area contributed by atoms with Crippen LogP contribution in [0.5, 0.6) is 11.9 Å². The van der Waals surface area contributed by atoms with Crippen molar-refractivity contribution >= 4 is 0 Å². The third kappa shape index (κ3) is 3.81. The summed E-state index contributed by atoms with van der Waals surface area (Å²) >= 11 is 0. The fourth-order valence-electron chi connectivity index (χ4n) is 4.81. The Labute approximate surface area is 170 Å². The molecule has 1 aliphatic heterocycles. The Morgan fingerprint density at radius 1 is 1.21 bits per heavy atom. The van der Waals surface area contributed by atoms with E-state index in [0.29, 0.717) is 55.6 Å². The molecule has 2 aromatic rings. The van der Waals surface area contributed by atoms with E-state index in [9.17, 15) is 9.50 Å². The minimum absolute atomic E-state index is 0.0371. The molecule has 0 amide bonds. The molecule has 0 unspecified atom stereocenters. The van der Waals surface area contributed by atoms with Crippen LogP contribution >= 0.6 is 0 Å². The van der Waals surface area contributed by atoms with Crippen LogP contribution in [0.2, 0.25) is 0 Å². The molecule has 0 radical (unpaired) electrons. The number of aromatic nitrogens is 2. The van der Waals surface area contributed by atoms with Crippen LogP contribution in [0.1, 0.15) is 37.8 Å². The lowest BCUT2D eigenvalue weighted by Gasteiger charge is -2.31. The van der Waals surface area contributed by atoms with Crippen molar-refractivity contribution < 1.29 is 19.0 Å². The lowest BCUT2D eigenvalue weighted by molar-refractivity contribution is -0.0102. The number of hydrogen-bond acceptors (Lipinski definition) is 6. The van der Waals surface area contributed by atoms with Gasteiger partial charge >= 0.3 is 6.01 Å². The number of hydrogen-bond donors (Lipinski definition) is 1. The molecule has 6 nitrogen and oxygen atoms in total. The number of benzene rings is 1. The third-order valence-corrected chi connectivity index (χ3v) is 6.13. The second-order valence-corrected chi connectivity index (χ2v) is 7.85. The van der Waals surface area contributed by atoms with Gasteiger partial charge in [0.2, 0.25) is 5.88 Å². The van der Waals surface area contributed by atoms with Gasteiger partial charge in [0.25, 0.3) is 0 Å². The summed E-state index contributed by atoms with van der Waals surface area (Å²) in [6.45, 7) is 6.77. The van der Waals surface area contributed by atoms with Crippen LogP contribution in [0.25, 0.3) is 0 Å². The van der Waals surface area contributed by atoms with Gasteiger partial charge in [0.05, 0.1) is 18.8 Å². The SMILES string of the molecule is CCOc1ncc([C@]2(O)CC[C@H]3CN(Cc4ccccc4F)C[C@H]32)c(OCC)n1. The van der Waals surface area contributed by atoms with Crippen molar-refractivity contribution in [1.82, 2.24) is 14.9 Å². The number of aliphatic hydroxyl groups is 1. The molecule has 4 rings (SSSR count). The van der Waals surface area contributed by atoms with Gasteiger partial charge in [-0.05, 0) is 38.7 Å². The molecule has 7 heteroatoms. The van der Waals surface area contributed by atoms with E-state index in [1.165, 1.54) is 6.07 Å². The van der Waals surface area contributed by atoms with E-state index in [-0.39, 0.29) is 17.7 Å². The van der Waals surface area contributed by atoms with E-state index in [1.807, 2.05) is 26.0 Å². The number of ether oxygens (including phenoxy) is 2. The summed E-state index contributed by atoms with van der Waals surface area (Å²) in [5.74, 6) is 0.600. The zero-order chi connectivity index (χ0) is 20.4. The fourth-order valence-corrected chi connectivity index (χ4v) is 4.81. The van der Waals surface area contributed by atoms with Crippen LogP contribution in [-0.4, -0.2) is 46.3 Å². The highest BCUT2D eigenvalue weighted by Gasteiger charge is 2.54. The van der Waals surface area contributed by atoms with Crippen LogP contribution in [0.3, 0.4) is 0 Å². The van der Waals surface area contributed by atoms with Crippen molar-refractivity contribution in [3.63, 3.8) is 0 Å². The smallest absolute Gasteiger partial charge is 0.319 e. The number of rotatable bonds is 7. The molecule has 0 spiro atoms. The molecule has 2 aliphatic rings. The van der Waals surface area contributed by atoms with Crippen LogP contribution in [0.4, 0.5) is 4.39 Å². The maximum Gasteiger partial charge on any atom is 0.319 e. The lowest BCUT2D eigenvalue weighted by atomic mass is 9.83. The minimum Gasteiger partial charge on any atom is -0.478 e. The Kier molecular flexibility index (Phi) is 5.69. The van der Waals surface area contributed by atoms with E-state index >= 15 is 0 Å². The van der Waals surface area contributed by atoms with Gasteiger partial charge in [-0.15, -0.1) is 0 Å². The quantitative estimate of drug-likeness (QED) is 0.769. The lowest BCUT2D eigenvalue weighted by Crippen LogP contribution is -2.35. The molecule has 1 aliphatic carbocycles. The van der Waals surface area contributed by atoms with Gasteiger partial charge in [-0.1, -0.05) is 18.2 Å². The van der Waals surface area contributed by atoms with E-state index < -0.39 is 5.60 Å². The molecule has 156 valence electrons. The number of nitrogens with zero attached hydrogens (tertiary/aromatic N) is 3. The molecule has 3 atom stereocenters. The normalized spacial score (nSPS) is 26.5. The Bertz CT molecular complexity index is 865. The van der Waals surface area contributed by atoms with Gasteiger partial charge in [-0.2, -0.15) is 4.98 Å². The van der Waals surface area contributed by atoms with Gasteiger partial charge < -0.3 is 14.6 Å². The van der Waals surface area contributed by atoms with Crippen LogP contribution < -0.4 is 9.47 Å². The Morgan fingerprint density at radius 3 is 2.76 bits per heavy atom. The first-order chi connectivity index (χ1) is 14.0. The minimum atomic E-state index is -1.05. The van der Waals surface area contributed by atoms with Crippen LogP contribution in [0.15, 0.2) is 30.5 Å². The topological polar surface area (TPSA) is 67.7 Å². The molecule has 1 aromatic carbocycles. The zero-order valence-electron chi connectivity index (χ0n) is 17.0. The molecule has 1 saturated heterocycles. The average Bonchev–Trinajstić information content (AvgIpc) is 3.25. The number of fused-ring (bicyclic) bond motifs is 1. The van der Waals surface area contributed by atoms with Crippen molar-refractivity contribution in [3.8, 4) is 11.9 Å². The largest absolute Gasteiger partial charge is 0.478 e. The van der Waals surface area contributed by atoms with E-state index in [0.717, 1.165) is 13.0 Å². The highest BCUT2D eigenvalue weighted by atomic mass is 19.1. The zero-order valence-corrected chi connectivity index (χ0v) is 17.0. The summed E-state index contributed by atoms with van der Waals surface area (Å²) < 4.78 is 25.2. The predicted octanol–water partition coefficient (Wildman–Crippen LogP) is 3.14. The van der Waals surface area contributed by atoms with Gasteiger partial charge in [0.1, 0.15) is 11.4 Å². The second kappa shape index (κ2) is 8.24. The second-order valence-electron chi connectivity index (χ2n) is 7.85. The van der Waals surface area contributed by atoms with Crippen molar-refractivity contribution in [2.75, 3.05) is 26.3 Å². The molecule has 0 bridgehead atoms. The highest BCUT2D eigenvalue weighted by Crippen LogP contribution is 2.52. The summed E-state index contributed by atoms with van der Waals surface area (Å²) in [5, 5.41) is 11.7. The summed E-state index contributed by atoms with van der Waals surface area (Å²) in [6, 6.07) is 7.14. The van der Waals surface area contributed by atoms with E-state index in [2.05, 4.69) is 14.9 Å². The van der Waals surface area contributed by atoms with Crippen LogP contribution in [-0.2, 0) is 12.1 Å². The molecule has 2 heterocycles. The first-order valence-electron chi connectivity index (χ1n) is 10.4. The van der Waals surface area contributed by atoms with Crippen molar-refractivity contribution in [3.05, 3.63) is 47.4 Å². The van der Waals surface area contributed by atoms with E-state index in [4.69, 9.17) is 9.47 Å². The molecule has 1 N–H and O–H groups in total. The maximum absolute atomic E-state index is 14.1. The summed E-state index contributed by atoms with van der Waals surface area (Å²) in [6.07, 6.45) is 3.20. The maximum atomic E-state index is 14.1. The summed E-state index contributed by atoms with van der Waals surface area (Å²) in [7, 11) is 0. The standard InChI is InChI=1S/C22H28FN3O3/c1-3-28-20-17(11-24-21(25-20)29-4-2)22(27)10-9-15-12-26(14-18(15)22)13-16-7-5-6-8-19(16)23/h5-8,11,15,18,27H,3-4,9-10,12-14H2,1-2H3/t15-,18+,22+/m0/s1. The van der Waals surface area contributed by atoms with Gasteiger partial charge in [0, 0.05) is 37.3 Å². The molecule has 29 heavy (non-hydrogen) atoms. The third-order valence-electron chi connectivity index (χ3n) is 6.13. The molecule has 1 aromatic heterocycles. The fraction of sp³-hybridized carbons (Fsp3) is 0.545. The Morgan fingerprint density at radius 2 is 2.00 bits per heavy atom. The Balaban J connectivity index is 1.57. The van der Waals surface area contributed by atoms with Gasteiger partial charge in [-0.25, -0.2) is 9.37 Å². The highest BCUT2D eigenvalue weighted by molar-refractivity contribution is 5.34. The molecular formula is C22H28FN3O3. The first kappa shape index (κ1) is 20.0. The van der Waals surface area contributed by atoms with E-state index in [1.54, 1.807) is 12.3 Å². The Hall–Kier alpha value is -2.25. The average molecular weight is 401 g/mol. The van der Waals surface area contributed by atoms with Crippen molar-refractivity contribution in [2.24, 2.45) is 11.8 Å². The van der Waals surface area contributed by atoms with Gasteiger partial charge in [-0.3, -0.25) is 4.90 Å². The molecular weight excluding hydrogens is 373 g/mol. The summed E-state index contributed by atoms with van der Waals surface area (Å²) in [4.78, 5) is 10.9. The summed E-state index contributed by atoms with van der Waals surface area (Å²) in [5.41, 5.74) is 0.266. The first-order valence-corrected chi connectivity index (χ1v) is 10.4. The van der Waals surface area contributed by atoms with Gasteiger partial charge in [0.15, 0.2) is 0 Å². The van der Waals surface area contributed by atoms with Crippen molar-refractivity contribution in [2.45, 2.75) is 38.8 Å². The molecule has 2 fully saturated rings.